The standard InChI is InChI=1S/C13H24O2/c1-3-5-8-12(4-2)11-15-13-9-6-7-10-14-13/h7,10,12-13H,3-6,8-9,11H2,1-2H3/t12-,13+/m1/s1. The van der Waals surface area contributed by atoms with Crippen molar-refractivity contribution in [3.05, 3.63) is 12.3 Å². The van der Waals surface area contributed by atoms with Crippen LogP contribution >= 0.6 is 0 Å². The maximum atomic E-state index is 5.76. The predicted molar refractivity (Wildman–Crippen MR) is 62.5 cm³/mol. The van der Waals surface area contributed by atoms with E-state index in [4.69, 9.17) is 9.47 Å². The van der Waals surface area contributed by atoms with Gasteiger partial charge in [0.15, 0.2) is 6.29 Å². The molecule has 0 aliphatic carbocycles. The van der Waals surface area contributed by atoms with E-state index in [0.29, 0.717) is 5.92 Å². The highest BCUT2D eigenvalue weighted by atomic mass is 16.7. The lowest BCUT2D eigenvalue weighted by atomic mass is 10.0. The van der Waals surface area contributed by atoms with Gasteiger partial charge >= 0.3 is 0 Å². The molecule has 1 aliphatic heterocycles. The summed E-state index contributed by atoms with van der Waals surface area (Å²) in [6, 6.07) is 0. The highest BCUT2D eigenvalue weighted by Gasteiger charge is 2.13. The van der Waals surface area contributed by atoms with E-state index in [-0.39, 0.29) is 6.29 Å². The fourth-order valence-corrected chi connectivity index (χ4v) is 1.78. The Balaban J connectivity index is 2.12. The van der Waals surface area contributed by atoms with Gasteiger partial charge in [0.2, 0.25) is 0 Å². The van der Waals surface area contributed by atoms with Crippen LogP contribution in [0.2, 0.25) is 0 Å². The van der Waals surface area contributed by atoms with Gasteiger partial charge in [0.25, 0.3) is 0 Å². The van der Waals surface area contributed by atoms with Crippen molar-refractivity contribution >= 4 is 0 Å². The third-order valence-corrected chi connectivity index (χ3v) is 2.96. The zero-order chi connectivity index (χ0) is 10.9. The van der Waals surface area contributed by atoms with Crippen molar-refractivity contribution in [3.63, 3.8) is 0 Å². The fraction of sp³-hybridized carbons (Fsp3) is 0.846. The van der Waals surface area contributed by atoms with Crippen LogP contribution in [0.3, 0.4) is 0 Å². The van der Waals surface area contributed by atoms with Crippen molar-refractivity contribution in [2.24, 2.45) is 5.92 Å². The number of allylic oxidation sites excluding steroid dienone is 1. The summed E-state index contributed by atoms with van der Waals surface area (Å²) in [5, 5.41) is 0. The van der Waals surface area contributed by atoms with Gasteiger partial charge in [-0.2, -0.15) is 0 Å². The van der Waals surface area contributed by atoms with Crippen LogP contribution in [0, 0.1) is 5.92 Å². The molecule has 1 rings (SSSR count). The minimum Gasteiger partial charge on any atom is -0.473 e. The van der Waals surface area contributed by atoms with Crippen LogP contribution in [0.5, 0.6) is 0 Å². The normalized spacial score (nSPS) is 22.4. The third-order valence-electron chi connectivity index (χ3n) is 2.96. The van der Waals surface area contributed by atoms with Crippen molar-refractivity contribution in [1.82, 2.24) is 0 Å². The topological polar surface area (TPSA) is 18.5 Å². The summed E-state index contributed by atoms with van der Waals surface area (Å²) >= 11 is 0. The predicted octanol–water partition coefficient (Wildman–Crippen LogP) is 3.87. The van der Waals surface area contributed by atoms with Crippen molar-refractivity contribution in [3.8, 4) is 0 Å². The second kappa shape index (κ2) is 7.75. The van der Waals surface area contributed by atoms with Crippen LogP contribution in [0.4, 0.5) is 0 Å². The smallest absolute Gasteiger partial charge is 0.199 e. The molecule has 0 N–H and O–H groups in total. The van der Waals surface area contributed by atoms with Crippen molar-refractivity contribution in [2.45, 2.75) is 58.7 Å². The van der Waals surface area contributed by atoms with Crippen LogP contribution in [0.1, 0.15) is 52.4 Å². The van der Waals surface area contributed by atoms with Gasteiger partial charge in [-0.15, -0.1) is 0 Å². The van der Waals surface area contributed by atoms with Crippen LogP contribution in [0.25, 0.3) is 0 Å². The largest absolute Gasteiger partial charge is 0.473 e. The van der Waals surface area contributed by atoms with Gasteiger partial charge in [-0.3, -0.25) is 0 Å². The zero-order valence-corrected chi connectivity index (χ0v) is 10.1. The van der Waals surface area contributed by atoms with E-state index in [1.54, 1.807) is 6.26 Å². The molecule has 0 fully saturated rings. The molecular weight excluding hydrogens is 188 g/mol. The molecule has 1 heterocycles. The van der Waals surface area contributed by atoms with E-state index in [0.717, 1.165) is 19.4 Å². The molecule has 2 nitrogen and oxygen atoms in total. The molecule has 0 aromatic heterocycles. The lowest BCUT2D eigenvalue weighted by Crippen LogP contribution is -2.21. The molecule has 0 saturated carbocycles. The monoisotopic (exact) mass is 212 g/mol. The van der Waals surface area contributed by atoms with Crippen molar-refractivity contribution < 1.29 is 9.47 Å². The summed E-state index contributed by atoms with van der Waals surface area (Å²) in [5.74, 6) is 0.708. The Morgan fingerprint density at radius 1 is 1.47 bits per heavy atom. The molecule has 0 spiro atoms. The first kappa shape index (κ1) is 12.6. The highest BCUT2D eigenvalue weighted by molar-refractivity contribution is 4.79. The summed E-state index contributed by atoms with van der Waals surface area (Å²) in [4.78, 5) is 0. The van der Waals surface area contributed by atoms with Gasteiger partial charge in [-0.25, -0.2) is 0 Å². The zero-order valence-electron chi connectivity index (χ0n) is 10.1. The minimum atomic E-state index is 0.00526. The van der Waals surface area contributed by atoms with E-state index < -0.39 is 0 Å². The number of unbranched alkanes of at least 4 members (excludes halogenated alkanes) is 1. The molecule has 0 aromatic carbocycles. The van der Waals surface area contributed by atoms with Gasteiger partial charge in [0, 0.05) is 6.42 Å². The Bertz CT molecular complexity index is 177. The molecule has 0 bridgehead atoms. The number of hydrogen-bond acceptors (Lipinski definition) is 2. The molecular formula is C13H24O2. The van der Waals surface area contributed by atoms with Crippen LogP contribution in [-0.4, -0.2) is 12.9 Å². The minimum absolute atomic E-state index is 0.00526. The molecule has 2 atom stereocenters. The lowest BCUT2D eigenvalue weighted by Gasteiger charge is -2.22. The van der Waals surface area contributed by atoms with E-state index in [1.165, 1.54) is 25.7 Å². The molecule has 1 aliphatic rings. The molecule has 0 saturated heterocycles. The Kier molecular flexibility index (Phi) is 6.49. The van der Waals surface area contributed by atoms with Gasteiger partial charge in [-0.05, 0) is 24.8 Å². The quantitative estimate of drug-likeness (QED) is 0.638. The van der Waals surface area contributed by atoms with Crippen LogP contribution in [-0.2, 0) is 9.47 Å². The SMILES string of the molecule is CCCC[C@@H](CC)CO[C@H]1CCC=CO1. The fourth-order valence-electron chi connectivity index (χ4n) is 1.78. The number of rotatable bonds is 7. The van der Waals surface area contributed by atoms with Crippen molar-refractivity contribution in [2.75, 3.05) is 6.61 Å². The van der Waals surface area contributed by atoms with E-state index in [9.17, 15) is 0 Å². The van der Waals surface area contributed by atoms with E-state index in [2.05, 4.69) is 13.8 Å². The first-order valence-corrected chi connectivity index (χ1v) is 6.28. The molecule has 88 valence electrons. The Hall–Kier alpha value is -0.500. The Morgan fingerprint density at radius 3 is 2.93 bits per heavy atom. The first-order valence-electron chi connectivity index (χ1n) is 6.28. The highest BCUT2D eigenvalue weighted by Crippen LogP contribution is 2.17. The number of hydrogen-bond donors (Lipinski definition) is 0. The summed E-state index contributed by atoms with van der Waals surface area (Å²) < 4.78 is 11.1. The maximum absolute atomic E-state index is 5.76. The average Bonchev–Trinajstić information content (AvgIpc) is 2.31. The van der Waals surface area contributed by atoms with Gasteiger partial charge in [0.1, 0.15) is 0 Å². The van der Waals surface area contributed by atoms with Gasteiger partial charge in [0.05, 0.1) is 12.9 Å². The average molecular weight is 212 g/mol. The molecule has 0 radical (unpaired) electrons. The maximum Gasteiger partial charge on any atom is 0.199 e. The van der Waals surface area contributed by atoms with E-state index in [1.807, 2.05) is 6.08 Å². The van der Waals surface area contributed by atoms with E-state index >= 15 is 0 Å². The second-order valence-electron chi connectivity index (χ2n) is 4.26. The molecule has 0 amide bonds. The Morgan fingerprint density at radius 2 is 2.33 bits per heavy atom. The Labute approximate surface area is 93.7 Å². The summed E-state index contributed by atoms with van der Waals surface area (Å²) in [6.45, 7) is 5.34. The third kappa shape index (κ3) is 5.22. The molecule has 15 heavy (non-hydrogen) atoms. The lowest BCUT2D eigenvalue weighted by molar-refractivity contribution is -0.125. The van der Waals surface area contributed by atoms with Gasteiger partial charge in [-0.1, -0.05) is 33.1 Å². The summed E-state index contributed by atoms with van der Waals surface area (Å²) in [7, 11) is 0. The number of ether oxygens (including phenoxy) is 2. The summed E-state index contributed by atoms with van der Waals surface area (Å²) in [5.41, 5.74) is 0. The second-order valence-corrected chi connectivity index (χ2v) is 4.26. The van der Waals surface area contributed by atoms with Crippen LogP contribution < -0.4 is 0 Å². The molecule has 2 heteroatoms. The van der Waals surface area contributed by atoms with Gasteiger partial charge < -0.3 is 9.47 Å². The molecule has 0 aromatic rings. The summed E-state index contributed by atoms with van der Waals surface area (Å²) in [6.07, 6.45) is 11.0. The van der Waals surface area contributed by atoms with Crippen LogP contribution in [0.15, 0.2) is 12.3 Å². The van der Waals surface area contributed by atoms with Crippen molar-refractivity contribution in [1.29, 1.82) is 0 Å². The molecule has 0 unspecified atom stereocenters. The first-order chi connectivity index (χ1) is 7.36.